The summed E-state index contributed by atoms with van der Waals surface area (Å²) in [6, 6.07) is 3.46. The molecule has 31 heavy (non-hydrogen) atoms. The predicted octanol–water partition coefficient (Wildman–Crippen LogP) is 2.14. The Labute approximate surface area is 179 Å². The van der Waals surface area contributed by atoms with Crippen LogP contribution in [0.25, 0.3) is 11.1 Å². The fourth-order valence-corrected chi connectivity index (χ4v) is 4.21. The Morgan fingerprint density at radius 3 is 2.90 bits per heavy atom. The maximum atomic E-state index is 12.1. The van der Waals surface area contributed by atoms with Gasteiger partial charge in [-0.15, -0.1) is 0 Å². The largest absolute Gasteiger partial charge is 0.491 e. The average Bonchev–Trinajstić information content (AvgIpc) is 3.15. The Bertz CT molecular complexity index is 1040. The molecule has 2 aromatic rings. The zero-order valence-corrected chi connectivity index (χ0v) is 17.3. The highest BCUT2D eigenvalue weighted by atomic mass is 16.6. The summed E-state index contributed by atoms with van der Waals surface area (Å²) in [6.07, 6.45) is 5.13. The number of nitrogen functional groups attached to an aromatic ring is 1. The quantitative estimate of drug-likeness (QED) is 0.405. The number of likely N-dealkylation sites (tertiary alicyclic amines) is 1. The van der Waals surface area contributed by atoms with Crippen LogP contribution >= 0.6 is 0 Å². The van der Waals surface area contributed by atoms with E-state index in [2.05, 4.69) is 9.88 Å². The minimum atomic E-state index is -0.876. The second-order valence-corrected chi connectivity index (χ2v) is 7.91. The molecule has 164 valence electrons. The Morgan fingerprint density at radius 1 is 1.42 bits per heavy atom. The van der Waals surface area contributed by atoms with Gasteiger partial charge < -0.3 is 25.8 Å². The molecule has 0 unspecified atom stereocenters. The summed E-state index contributed by atoms with van der Waals surface area (Å²) in [5.41, 5.74) is 12.3. The summed E-state index contributed by atoms with van der Waals surface area (Å²) in [5, 5.41) is 11.9. The number of nitrogens with two attached hydrogens (primary N) is 2. The van der Waals surface area contributed by atoms with Crippen LogP contribution < -0.4 is 20.9 Å². The molecule has 4 rings (SSSR count). The molecular weight excluding hydrogens is 402 g/mol. The highest BCUT2D eigenvalue weighted by Gasteiger charge is 2.30. The molecule has 1 atom stereocenters. The van der Waals surface area contributed by atoms with Gasteiger partial charge in [0.05, 0.1) is 17.1 Å². The number of benzene rings is 1. The first-order chi connectivity index (χ1) is 14.9. The molecule has 3 heterocycles. The molecule has 10 nitrogen and oxygen atoms in total. The van der Waals surface area contributed by atoms with E-state index in [4.69, 9.17) is 20.9 Å². The lowest BCUT2D eigenvalue weighted by Crippen LogP contribution is -2.31. The highest BCUT2D eigenvalue weighted by Crippen LogP contribution is 2.43. The maximum Gasteiger partial charge on any atom is 0.301 e. The third-order valence-corrected chi connectivity index (χ3v) is 5.90. The lowest BCUT2D eigenvalue weighted by molar-refractivity contribution is -0.383. The number of primary amides is 1. The molecule has 1 aromatic heterocycles. The molecule has 2 aliphatic rings. The topological polar surface area (TPSA) is 147 Å². The zero-order chi connectivity index (χ0) is 22.1. The number of nitro groups is 1. The number of anilines is 1. The highest BCUT2D eigenvalue weighted by molar-refractivity contribution is 6.05. The lowest BCUT2D eigenvalue weighted by Gasteiger charge is -2.21. The van der Waals surface area contributed by atoms with Crippen molar-refractivity contribution in [1.29, 1.82) is 0 Å². The van der Waals surface area contributed by atoms with Gasteiger partial charge in [-0.25, -0.2) is 4.98 Å². The van der Waals surface area contributed by atoms with E-state index >= 15 is 0 Å². The van der Waals surface area contributed by atoms with Gasteiger partial charge in [0.2, 0.25) is 5.88 Å². The number of nitrogens with zero attached hydrogens (tertiary/aromatic N) is 3. The van der Waals surface area contributed by atoms with Crippen molar-refractivity contribution in [2.75, 3.05) is 32.5 Å². The van der Waals surface area contributed by atoms with Crippen molar-refractivity contribution < 1.29 is 19.2 Å². The number of pyridine rings is 1. The van der Waals surface area contributed by atoms with Crippen molar-refractivity contribution in [1.82, 2.24) is 9.88 Å². The number of carbonyl (C=O) groups is 1. The monoisotopic (exact) mass is 427 g/mol. The number of fused-ring (bicyclic) bond motifs is 1. The third-order valence-electron chi connectivity index (χ3n) is 5.90. The number of likely N-dealkylation sites (N-methyl/N-ethyl adjacent to an activating group) is 1. The smallest absolute Gasteiger partial charge is 0.301 e. The van der Waals surface area contributed by atoms with Crippen molar-refractivity contribution in [3.8, 4) is 22.8 Å². The van der Waals surface area contributed by atoms with E-state index in [0.29, 0.717) is 24.7 Å². The Morgan fingerprint density at radius 2 is 2.23 bits per heavy atom. The summed E-state index contributed by atoms with van der Waals surface area (Å²) < 4.78 is 11.5. The standard InChI is InChI=1S/C21H25N5O5/c1-25-6-2-5-14(25)11-31-16-9-15(19(26(28)29)18(22)17(16)20(23)27)13-8-12-4-3-7-30-21(12)24-10-13/h8-10,14H,2-7,11,22H2,1H3,(H2,23,27)/t14-/m1/s1. The van der Waals surface area contributed by atoms with Gasteiger partial charge in [0.25, 0.3) is 5.91 Å². The zero-order valence-electron chi connectivity index (χ0n) is 17.3. The van der Waals surface area contributed by atoms with Gasteiger partial charge in [0.15, 0.2) is 0 Å². The van der Waals surface area contributed by atoms with Crippen molar-refractivity contribution in [2.45, 2.75) is 31.7 Å². The predicted molar refractivity (Wildman–Crippen MR) is 114 cm³/mol. The van der Waals surface area contributed by atoms with Gasteiger partial charge >= 0.3 is 5.69 Å². The van der Waals surface area contributed by atoms with Crippen LogP contribution in [0.5, 0.6) is 11.6 Å². The molecule has 0 aliphatic carbocycles. The van der Waals surface area contributed by atoms with Gasteiger partial charge in [-0.1, -0.05) is 0 Å². The molecule has 1 aromatic carbocycles. The normalized spacial score (nSPS) is 18.3. The molecule has 4 N–H and O–H groups in total. The number of aryl methyl sites for hydroxylation is 1. The minimum absolute atomic E-state index is 0.139. The van der Waals surface area contributed by atoms with E-state index < -0.39 is 16.5 Å². The van der Waals surface area contributed by atoms with Crippen molar-refractivity contribution in [2.24, 2.45) is 5.73 Å². The molecular formula is C21H25N5O5. The number of hydrogen-bond acceptors (Lipinski definition) is 8. The van der Waals surface area contributed by atoms with Crippen LogP contribution in [0.2, 0.25) is 0 Å². The SMILES string of the molecule is CN1CCC[C@@H]1COc1cc(-c2cnc3c(c2)CCCO3)c([N+](=O)[O-])c(N)c1C(N)=O. The fourth-order valence-electron chi connectivity index (χ4n) is 4.21. The van der Waals surface area contributed by atoms with Crippen molar-refractivity contribution >= 4 is 17.3 Å². The summed E-state index contributed by atoms with van der Waals surface area (Å²) in [6.45, 7) is 1.88. The molecule has 1 amide bonds. The molecule has 0 spiro atoms. The number of amides is 1. The van der Waals surface area contributed by atoms with E-state index in [-0.39, 0.29) is 28.6 Å². The first-order valence-electron chi connectivity index (χ1n) is 10.2. The van der Waals surface area contributed by atoms with Gasteiger partial charge in [0.1, 0.15) is 23.6 Å². The molecule has 1 saturated heterocycles. The average molecular weight is 427 g/mol. The van der Waals surface area contributed by atoms with Crippen molar-refractivity contribution in [3.05, 3.63) is 39.6 Å². The molecule has 1 fully saturated rings. The van der Waals surface area contributed by atoms with Gasteiger partial charge in [-0.05, 0) is 51.4 Å². The van der Waals surface area contributed by atoms with Crippen LogP contribution in [0.3, 0.4) is 0 Å². The van der Waals surface area contributed by atoms with Crippen LogP contribution in [0.1, 0.15) is 35.2 Å². The molecule has 0 bridgehead atoms. The van der Waals surface area contributed by atoms with Crippen LogP contribution in [-0.4, -0.2) is 53.6 Å². The van der Waals surface area contributed by atoms with Gasteiger partial charge in [-0.3, -0.25) is 14.9 Å². The number of carbonyl (C=O) groups excluding carboxylic acids is 1. The van der Waals surface area contributed by atoms with Crippen molar-refractivity contribution in [3.63, 3.8) is 0 Å². The Balaban J connectivity index is 1.80. The first-order valence-corrected chi connectivity index (χ1v) is 10.2. The summed E-state index contributed by atoms with van der Waals surface area (Å²) in [5.74, 6) is -0.209. The number of aromatic nitrogens is 1. The van der Waals surface area contributed by atoms with E-state index in [1.807, 2.05) is 13.1 Å². The maximum absolute atomic E-state index is 12.1. The Kier molecular flexibility index (Phi) is 5.64. The minimum Gasteiger partial charge on any atom is -0.491 e. The van der Waals surface area contributed by atoms with Crippen LogP contribution in [-0.2, 0) is 6.42 Å². The molecule has 0 saturated carbocycles. The first kappa shape index (κ1) is 20.9. The molecule has 10 heteroatoms. The van der Waals surface area contributed by atoms with E-state index in [0.717, 1.165) is 37.8 Å². The van der Waals surface area contributed by atoms with Gasteiger partial charge in [0, 0.05) is 23.4 Å². The van der Waals surface area contributed by atoms with Gasteiger partial charge in [-0.2, -0.15) is 0 Å². The van der Waals surface area contributed by atoms with E-state index in [1.165, 1.54) is 12.3 Å². The van der Waals surface area contributed by atoms with Crippen LogP contribution in [0.15, 0.2) is 18.3 Å². The van der Waals surface area contributed by atoms with E-state index in [9.17, 15) is 14.9 Å². The Hall–Kier alpha value is -3.40. The van der Waals surface area contributed by atoms with Crippen LogP contribution in [0.4, 0.5) is 11.4 Å². The lowest BCUT2D eigenvalue weighted by atomic mass is 9.97. The van der Waals surface area contributed by atoms with Crippen LogP contribution in [0, 0.1) is 10.1 Å². The third kappa shape index (κ3) is 3.98. The summed E-state index contributed by atoms with van der Waals surface area (Å²) in [4.78, 5) is 29.9. The number of rotatable bonds is 6. The van der Waals surface area contributed by atoms with E-state index in [1.54, 1.807) is 0 Å². The summed E-state index contributed by atoms with van der Waals surface area (Å²) >= 11 is 0. The number of hydrogen-bond donors (Lipinski definition) is 2. The molecule has 2 aliphatic heterocycles. The summed E-state index contributed by atoms with van der Waals surface area (Å²) in [7, 11) is 2.01. The second kappa shape index (κ2) is 8.38. The second-order valence-electron chi connectivity index (χ2n) is 7.91. The number of ether oxygens (including phenoxy) is 2. The molecule has 0 radical (unpaired) electrons. The fraction of sp³-hybridized carbons (Fsp3) is 0.429. The number of nitro benzene ring substituents is 1.